The van der Waals surface area contributed by atoms with E-state index in [1.54, 1.807) is 0 Å². The Balaban J connectivity index is 1.94. The number of hydrogen-bond donors (Lipinski definition) is 0. The van der Waals surface area contributed by atoms with Crippen molar-refractivity contribution in [3.05, 3.63) is 100 Å². The Morgan fingerprint density at radius 2 is 1.27 bits per heavy atom. The first-order valence-corrected chi connectivity index (χ1v) is 12.5. The fourth-order valence-electron chi connectivity index (χ4n) is 3.42. The molecule has 0 N–H and O–H groups in total. The molecule has 0 atom stereocenters. The molecule has 1 heterocycles. The van der Waals surface area contributed by atoms with Gasteiger partial charge in [0.2, 0.25) is 0 Å². The number of ether oxygens (including phenoxy) is 2. The first-order valence-electron chi connectivity index (χ1n) is 10.8. The van der Waals surface area contributed by atoms with Crippen LogP contribution in [-0.2, 0) is 16.9 Å². The Kier molecular flexibility index (Phi) is 7.08. The zero-order valence-electron chi connectivity index (χ0n) is 19.5. The molecule has 1 aromatic heterocycles. The summed E-state index contributed by atoms with van der Waals surface area (Å²) < 4.78 is 93.1. The topological polar surface area (TPSA) is 74.6 Å². The van der Waals surface area contributed by atoms with Crippen LogP contribution >= 0.6 is 0 Å². The molecule has 192 valence electrons. The summed E-state index contributed by atoms with van der Waals surface area (Å²) in [6.45, 7) is 1.45. The Morgan fingerprint density at radius 1 is 0.730 bits per heavy atom. The number of sulfone groups is 1. The van der Waals surface area contributed by atoms with Crippen molar-refractivity contribution in [1.82, 2.24) is 4.57 Å². The van der Waals surface area contributed by atoms with Gasteiger partial charge in [0.25, 0.3) is 5.56 Å². The molecule has 0 fully saturated rings. The lowest BCUT2D eigenvalue weighted by Crippen LogP contribution is -2.15. The van der Waals surface area contributed by atoms with Crippen molar-refractivity contribution >= 4 is 9.84 Å². The van der Waals surface area contributed by atoms with Gasteiger partial charge in [-0.15, -0.1) is 0 Å². The van der Waals surface area contributed by atoms with Crippen LogP contribution in [0.25, 0.3) is 11.1 Å². The van der Waals surface area contributed by atoms with Gasteiger partial charge in [-0.1, -0.05) is 6.92 Å². The van der Waals surface area contributed by atoms with Crippen molar-refractivity contribution in [2.24, 2.45) is 7.05 Å². The minimum atomic E-state index is -3.72. The second-order valence-corrected chi connectivity index (χ2v) is 10.2. The highest BCUT2D eigenvalue weighted by Crippen LogP contribution is 2.41. The van der Waals surface area contributed by atoms with Crippen LogP contribution in [0.1, 0.15) is 6.92 Å². The third-order valence-electron chi connectivity index (χ3n) is 5.40. The van der Waals surface area contributed by atoms with E-state index in [4.69, 9.17) is 9.47 Å². The highest BCUT2D eigenvalue weighted by molar-refractivity contribution is 7.91. The number of aromatic nitrogens is 1. The molecule has 0 aliphatic heterocycles. The van der Waals surface area contributed by atoms with E-state index in [0.29, 0.717) is 12.1 Å². The van der Waals surface area contributed by atoms with E-state index in [0.717, 1.165) is 34.9 Å². The van der Waals surface area contributed by atoms with Gasteiger partial charge in [0, 0.05) is 42.6 Å². The van der Waals surface area contributed by atoms with Crippen LogP contribution in [0.3, 0.4) is 0 Å². The van der Waals surface area contributed by atoms with Crippen LogP contribution in [-0.4, -0.2) is 18.7 Å². The average molecular weight is 533 g/mol. The van der Waals surface area contributed by atoms with Gasteiger partial charge < -0.3 is 14.0 Å². The van der Waals surface area contributed by atoms with Crippen molar-refractivity contribution < 1.29 is 35.5 Å². The molecule has 4 aromatic rings. The predicted molar refractivity (Wildman–Crippen MR) is 128 cm³/mol. The summed E-state index contributed by atoms with van der Waals surface area (Å²) in [6, 6.07) is 10.0. The van der Waals surface area contributed by atoms with Gasteiger partial charge in [0.05, 0.1) is 10.6 Å². The maximum absolute atomic E-state index is 14.4. The van der Waals surface area contributed by atoms with Gasteiger partial charge in [-0.2, -0.15) is 0 Å². The smallest absolute Gasteiger partial charge is 0.254 e. The van der Waals surface area contributed by atoms with Gasteiger partial charge in [-0.25, -0.2) is 26.0 Å². The van der Waals surface area contributed by atoms with Crippen LogP contribution in [0.2, 0.25) is 0 Å². The summed E-state index contributed by atoms with van der Waals surface area (Å²) in [5, 5.41) is 0. The number of rotatable bonds is 7. The summed E-state index contributed by atoms with van der Waals surface area (Å²) in [5.41, 5.74) is -0.423. The first kappa shape index (κ1) is 26.0. The van der Waals surface area contributed by atoms with Crippen molar-refractivity contribution in [1.29, 1.82) is 0 Å². The van der Waals surface area contributed by atoms with Crippen molar-refractivity contribution in [2.45, 2.75) is 11.8 Å². The zero-order chi connectivity index (χ0) is 26.9. The maximum atomic E-state index is 14.4. The van der Waals surface area contributed by atoms with Crippen LogP contribution in [0.5, 0.6) is 23.0 Å². The molecule has 6 nitrogen and oxygen atoms in total. The number of halogens is 4. The van der Waals surface area contributed by atoms with Crippen LogP contribution in [0.4, 0.5) is 17.6 Å². The summed E-state index contributed by atoms with van der Waals surface area (Å²) in [4.78, 5) is 12.3. The molecule has 11 heteroatoms. The molecular weight excluding hydrogens is 514 g/mol. The van der Waals surface area contributed by atoms with Gasteiger partial charge in [0.1, 0.15) is 23.1 Å². The number of benzene rings is 3. The first-order chi connectivity index (χ1) is 17.5. The minimum absolute atomic E-state index is 0.0476. The lowest BCUT2D eigenvalue weighted by atomic mass is 10.1. The number of hydrogen-bond acceptors (Lipinski definition) is 5. The summed E-state index contributed by atoms with van der Waals surface area (Å²) in [6.07, 6.45) is 1.30. The Hall–Kier alpha value is -4.12. The second kappa shape index (κ2) is 10.1. The van der Waals surface area contributed by atoms with E-state index in [1.165, 1.54) is 38.4 Å². The maximum Gasteiger partial charge on any atom is 0.254 e. The van der Waals surface area contributed by atoms with E-state index >= 15 is 0 Å². The van der Waals surface area contributed by atoms with Crippen LogP contribution < -0.4 is 15.0 Å². The predicted octanol–water partition coefficient (Wildman–Crippen LogP) is 5.99. The number of nitrogens with zero attached hydrogens (tertiary/aromatic N) is 1. The standard InChI is InChI=1S/C26H19F4NO5S/c1-3-37(33,34)17-6-9-22(35-23-7-4-15(27)10-20(23)29)18(12-17)19-14-31(2)26(32)13-25(19)36-24-8-5-16(28)11-21(24)30/h4-14H,3H2,1-2H3. The summed E-state index contributed by atoms with van der Waals surface area (Å²) in [5.74, 6) is -4.98. The molecule has 3 aromatic carbocycles. The fraction of sp³-hybridized carbons (Fsp3) is 0.115. The molecule has 0 aliphatic carbocycles. The molecule has 0 unspecified atom stereocenters. The number of aryl methyl sites for hydroxylation is 1. The number of pyridine rings is 1. The molecule has 0 bridgehead atoms. The summed E-state index contributed by atoms with van der Waals surface area (Å²) >= 11 is 0. The average Bonchev–Trinajstić information content (AvgIpc) is 2.85. The molecule has 0 amide bonds. The zero-order valence-corrected chi connectivity index (χ0v) is 20.3. The SMILES string of the molecule is CCS(=O)(=O)c1ccc(Oc2ccc(F)cc2F)c(-c2cn(C)c(=O)cc2Oc2ccc(F)cc2F)c1. The molecule has 4 rings (SSSR count). The lowest BCUT2D eigenvalue weighted by Gasteiger charge is -2.17. The van der Waals surface area contributed by atoms with Crippen molar-refractivity contribution in [3.63, 3.8) is 0 Å². The van der Waals surface area contributed by atoms with E-state index in [2.05, 4.69) is 0 Å². The largest absolute Gasteiger partial charge is 0.454 e. The van der Waals surface area contributed by atoms with Crippen LogP contribution in [0, 0.1) is 23.3 Å². The molecule has 37 heavy (non-hydrogen) atoms. The highest BCUT2D eigenvalue weighted by Gasteiger charge is 2.21. The van der Waals surface area contributed by atoms with Gasteiger partial charge in [-0.05, 0) is 42.5 Å². The molecule has 0 saturated heterocycles. The van der Waals surface area contributed by atoms with E-state index in [9.17, 15) is 30.8 Å². The van der Waals surface area contributed by atoms with Gasteiger partial charge in [0.15, 0.2) is 33.0 Å². The Bertz CT molecular complexity index is 1670. The third-order valence-corrected chi connectivity index (χ3v) is 7.13. The van der Waals surface area contributed by atoms with Gasteiger partial charge in [-0.3, -0.25) is 4.79 Å². The van der Waals surface area contributed by atoms with E-state index in [-0.39, 0.29) is 39.0 Å². The fourth-order valence-corrected chi connectivity index (χ4v) is 4.33. The normalized spacial score (nSPS) is 11.4. The molecule has 0 saturated carbocycles. The third kappa shape index (κ3) is 5.51. The molecule has 0 spiro atoms. The van der Waals surface area contributed by atoms with E-state index in [1.807, 2.05) is 0 Å². The van der Waals surface area contributed by atoms with Crippen molar-refractivity contribution in [3.8, 4) is 34.1 Å². The highest BCUT2D eigenvalue weighted by atomic mass is 32.2. The second-order valence-electron chi connectivity index (χ2n) is 7.92. The van der Waals surface area contributed by atoms with E-state index < -0.39 is 44.4 Å². The molecular formula is C26H19F4NO5S. The molecule has 0 aliphatic rings. The Morgan fingerprint density at radius 3 is 1.81 bits per heavy atom. The van der Waals surface area contributed by atoms with Crippen LogP contribution in [0.15, 0.2) is 76.6 Å². The lowest BCUT2D eigenvalue weighted by molar-refractivity contribution is 0.433. The summed E-state index contributed by atoms with van der Waals surface area (Å²) in [7, 11) is -2.31. The minimum Gasteiger partial charge on any atom is -0.454 e. The Labute approximate surface area is 209 Å². The molecule has 0 radical (unpaired) electrons. The van der Waals surface area contributed by atoms with Crippen molar-refractivity contribution in [2.75, 3.05) is 5.75 Å². The monoisotopic (exact) mass is 533 g/mol. The van der Waals surface area contributed by atoms with Gasteiger partial charge >= 0.3 is 0 Å². The quantitative estimate of drug-likeness (QED) is 0.273.